The van der Waals surface area contributed by atoms with E-state index >= 15 is 0 Å². The first-order valence-corrected chi connectivity index (χ1v) is 5.90. The fourth-order valence-corrected chi connectivity index (χ4v) is 2.19. The molecule has 3 atom stereocenters. The van der Waals surface area contributed by atoms with Gasteiger partial charge in [-0.3, -0.25) is 0 Å². The zero-order valence-electron chi connectivity index (χ0n) is 10.0. The van der Waals surface area contributed by atoms with Crippen LogP contribution in [0.5, 0.6) is 0 Å². The van der Waals surface area contributed by atoms with Gasteiger partial charge in [-0.25, -0.2) is 0 Å². The summed E-state index contributed by atoms with van der Waals surface area (Å²) in [5, 5.41) is 13.1. The summed E-state index contributed by atoms with van der Waals surface area (Å²) in [5.41, 5.74) is 0.0753. The maximum absolute atomic E-state index is 9.57. The number of aliphatic hydroxyl groups is 1. The lowest BCUT2D eigenvalue weighted by atomic mass is 9.64. The molecular weight excluding hydrogens is 174 g/mol. The monoisotopic (exact) mass is 199 g/mol. The summed E-state index contributed by atoms with van der Waals surface area (Å²) in [5.74, 6) is 0.758. The van der Waals surface area contributed by atoms with Crippen molar-refractivity contribution < 1.29 is 5.11 Å². The van der Waals surface area contributed by atoms with Gasteiger partial charge in [-0.15, -0.1) is 0 Å². The van der Waals surface area contributed by atoms with Gasteiger partial charge in [-0.1, -0.05) is 34.1 Å². The largest absolute Gasteiger partial charge is 0.392 e. The van der Waals surface area contributed by atoms with Gasteiger partial charge in [0.2, 0.25) is 0 Å². The average Bonchev–Trinajstić information content (AvgIpc) is 2.12. The summed E-state index contributed by atoms with van der Waals surface area (Å²) in [7, 11) is 0. The molecule has 0 aromatic heterocycles. The molecule has 0 saturated heterocycles. The van der Waals surface area contributed by atoms with E-state index in [0.717, 1.165) is 18.9 Å². The Balaban J connectivity index is 2.20. The second-order valence-corrected chi connectivity index (χ2v) is 5.43. The van der Waals surface area contributed by atoms with E-state index in [0.29, 0.717) is 6.04 Å². The Kier molecular flexibility index (Phi) is 3.96. The van der Waals surface area contributed by atoms with Gasteiger partial charge in [0.1, 0.15) is 0 Å². The second kappa shape index (κ2) is 4.63. The summed E-state index contributed by atoms with van der Waals surface area (Å²) >= 11 is 0. The maximum Gasteiger partial charge on any atom is 0.0621 e. The van der Waals surface area contributed by atoms with Crippen molar-refractivity contribution in [3.8, 4) is 0 Å². The van der Waals surface area contributed by atoms with Gasteiger partial charge < -0.3 is 10.4 Å². The highest BCUT2D eigenvalue weighted by Crippen LogP contribution is 2.40. The number of rotatable bonds is 5. The van der Waals surface area contributed by atoms with E-state index in [9.17, 15) is 5.11 Å². The third kappa shape index (κ3) is 2.48. The van der Waals surface area contributed by atoms with Crippen LogP contribution >= 0.6 is 0 Å². The van der Waals surface area contributed by atoms with Crippen LogP contribution in [0.25, 0.3) is 0 Å². The summed E-state index contributed by atoms with van der Waals surface area (Å²) in [6, 6.07) is 0.511. The minimum Gasteiger partial charge on any atom is -0.392 e. The van der Waals surface area contributed by atoms with Crippen molar-refractivity contribution in [3.63, 3.8) is 0 Å². The van der Waals surface area contributed by atoms with E-state index in [1.165, 1.54) is 12.8 Å². The minimum atomic E-state index is -0.110. The van der Waals surface area contributed by atoms with Gasteiger partial charge in [0.15, 0.2) is 0 Å². The standard InChI is InChI=1S/C12H25NO/c1-5-6-9(2)8-13-10-7-11(14)12(10,3)4/h9-11,13-14H,5-8H2,1-4H3. The topological polar surface area (TPSA) is 32.3 Å². The molecule has 0 radical (unpaired) electrons. The van der Waals surface area contributed by atoms with E-state index < -0.39 is 0 Å². The van der Waals surface area contributed by atoms with E-state index in [1.807, 2.05) is 0 Å². The fraction of sp³-hybridized carbons (Fsp3) is 1.00. The number of aliphatic hydroxyl groups excluding tert-OH is 1. The first-order valence-electron chi connectivity index (χ1n) is 5.90. The molecule has 1 saturated carbocycles. The summed E-state index contributed by atoms with van der Waals surface area (Å²) in [6.45, 7) is 9.90. The summed E-state index contributed by atoms with van der Waals surface area (Å²) in [6.07, 6.45) is 3.37. The molecule has 0 heterocycles. The molecule has 1 rings (SSSR count). The Morgan fingerprint density at radius 2 is 2.14 bits per heavy atom. The fourth-order valence-electron chi connectivity index (χ4n) is 2.19. The minimum absolute atomic E-state index is 0.0753. The molecule has 0 aliphatic heterocycles. The maximum atomic E-state index is 9.57. The molecular formula is C12H25NO. The molecule has 0 aromatic carbocycles. The second-order valence-electron chi connectivity index (χ2n) is 5.43. The molecule has 84 valence electrons. The van der Waals surface area contributed by atoms with Crippen LogP contribution in [0.2, 0.25) is 0 Å². The quantitative estimate of drug-likeness (QED) is 0.711. The van der Waals surface area contributed by atoms with Crippen molar-refractivity contribution in [2.45, 2.75) is 59.1 Å². The van der Waals surface area contributed by atoms with Crippen LogP contribution < -0.4 is 5.32 Å². The van der Waals surface area contributed by atoms with Crippen LogP contribution in [-0.2, 0) is 0 Å². The van der Waals surface area contributed by atoms with Gasteiger partial charge in [0.05, 0.1) is 6.10 Å². The van der Waals surface area contributed by atoms with Crippen molar-refractivity contribution in [2.75, 3.05) is 6.54 Å². The number of hydrogen-bond acceptors (Lipinski definition) is 2. The van der Waals surface area contributed by atoms with E-state index in [4.69, 9.17) is 0 Å². The lowest BCUT2D eigenvalue weighted by molar-refractivity contribution is -0.0731. The summed E-state index contributed by atoms with van der Waals surface area (Å²) < 4.78 is 0. The highest BCUT2D eigenvalue weighted by molar-refractivity contribution is 5.01. The van der Waals surface area contributed by atoms with Crippen LogP contribution in [0.15, 0.2) is 0 Å². The summed E-state index contributed by atoms with van der Waals surface area (Å²) in [4.78, 5) is 0. The molecule has 14 heavy (non-hydrogen) atoms. The van der Waals surface area contributed by atoms with E-state index in [1.54, 1.807) is 0 Å². The number of hydrogen-bond donors (Lipinski definition) is 2. The normalized spacial score (nSPS) is 32.4. The molecule has 0 aromatic rings. The van der Waals surface area contributed by atoms with Crippen LogP contribution in [0.3, 0.4) is 0 Å². The zero-order chi connectivity index (χ0) is 10.8. The Hall–Kier alpha value is -0.0800. The van der Waals surface area contributed by atoms with Gasteiger partial charge in [0, 0.05) is 11.5 Å². The van der Waals surface area contributed by atoms with E-state index in [2.05, 4.69) is 33.0 Å². The highest BCUT2D eigenvalue weighted by atomic mass is 16.3. The van der Waals surface area contributed by atoms with Crippen LogP contribution in [-0.4, -0.2) is 23.8 Å². The van der Waals surface area contributed by atoms with Crippen molar-refractivity contribution in [3.05, 3.63) is 0 Å². The van der Waals surface area contributed by atoms with Gasteiger partial charge in [0.25, 0.3) is 0 Å². The predicted molar refractivity (Wildman–Crippen MR) is 60.3 cm³/mol. The Morgan fingerprint density at radius 3 is 2.57 bits per heavy atom. The third-order valence-corrected chi connectivity index (χ3v) is 3.71. The van der Waals surface area contributed by atoms with E-state index in [-0.39, 0.29) is 11.5 Å². The lowest BCUT2D eigenvalue weighted by Crippen LogP contribution is -2.60. The molecule has 0 spiro atoms. The van der Waals surface area contributed by atoms with Crippen molar-refractivity contribution in [2.24, 2.45) is 11.3 Å². The Bertz CT molecular complexity index is 179. The molecule has 0 bridgehead atoms. The SMILES string of the molecule is CCCC(C)CNC1CC(O)C1(C)C. The molecule has 2 N–H and O–H groups in total. The highest BCUT2D eigenvalue weighted by Gasteiger charge is 2.46. The van der Waals surface area contributed by atoms with Gasteiger partial charge >= 0.3 is 0 Å². The first-order chi connectivity index (χ1) is 6.48. The van der Waals surface area contributed by atoms with Crippen LogP contribution in [0.4, 0.5) is 0 Å². The molecule has 3 unspecified atom stereocenters. The molecule has 1 fully saturated rings. The molecule has 1 aliphatic carbocycles. The Labute approximate surface area is 88.1 Å². The predicted octanol–water partition coefficient (Wildman–Crippen LogP) is 2.17. The molecule has 2 heteroatoms. The van der Waals surface area contributed by atoms with Gasteiger partial charge in [-0.2, -0.15) is 0 Å². The van der Waals surface area contributed by atoms with Crippen molar-refractivity contribution in [1.82, 2.24) is 5.32 Å². The smallest absolute Gasteiger partial charge is 0.0621 e. The average molecular weight is 199 g/mol. The molecule has 2 nitrogen and oxygen atoms in total. The third-order valence-electron chi connectivity index (χ3n) is 3.71. The van der Waals surface area contributed by atoms with Gasteiger partial charge in [-0.05, 0) is 25.3 Å². The van der Waals surface area contributed by atoms with Crippen molar-refractivity contribution >= 4 is 0 Å². The zero-order valence-corrected chi connectivity index (χ0v) is 10.0. The first kappa shape index (κ1) is 12.0. The van der Waals surface area contributed by atoms with Crippen molar-refractivity contribution in [1.29, 1.82) is 0 Å². The molecule has 0 amide bonds. The van der Waals surface area contributed by atoms with Crippen LogP contribution in [0, 0.1) is 11.3 Å². The molecule has 1 aliphatic rings. The Morgan fingerprint density at radius 1 is 1.50 bits per heavy atom. The van der Waals surface area contributed by atoms with Crippen LogP contribution in [0.1, 0.15) is 47.0 Å². The lowest BCUT2D eigenvalue weighted by Gasteiger charge is -2.50. The number of nitrogens with one attached hydrogen (secondary N) is 1.